The van der Waals surface area contributed by atoms with Crippen molar-refractivity contribution in [2.75, 3.05) is 5.32 Å². The summed E-state index contributed by atoms with van der Waals surface area (Å²) in [5.74, 6) is 0.989. The Balaban J connectivity index is 1.84. The van der Waals surface area contributed by atoms with Crippen LogP contribution in [0, 0.1) is 12.8 Å². The fraction of sp³-hybridized carbons (Fsp3) is 0.263. The van der Waals surface area contributed by atoms with Crippen molar-refractivity contribution < 1.29 is 0 Å². The van der Waals surface area contributed by atoms with Gasteiger partial charge in [-0.2, -0.15) is 0 Å². The van der Waals surface area contributed by atoms with E-state index >= 15 is 0 Å². The zero-order chi connectivity index (χ0) is 15.3. The second kappa shape index (κ2) is 5.33. The lowest BCUT2D eigenvalue weighted by Gasteiger charge is -2.38. The SMILES string of the molecule is Cc1c(Cl)ccc2c1NC(c1cccc(Cl)c1)C1CC=CC21. The minimum Gasteiger partial charge on any atom is -0.377 e. The molecule has 3 unspecified atom stereocenters. The lowest BCUT2D eigenvalue weighted by molar-refractivity contribution is 0.425. The standard InChI is InChI=1S/C19H17Cl2N/c1-11-17(21)9-8-16-14-6-3-7-15(14)19(22-18(11)16)12-4-2-5-13(20)10-12/h2-6,8-10,14-15,19,22H,7H2,1H3. The van der Waals surface area contributed by atoms with Crippen LogP contribution >= 0.6 is 23.2 Å². The first-order chi connectivity index (χ1) is 10.6. The van der Waals surface area contributed by atoms with Gasteiger partial charge in [0.05, 0.1) is 6.04 Å². The van der Waals surface area contributed by atoms with Crippen LogP contribution in [0.4, 0.5) is 5.69 Å². The van der Waals surface area contributed by atoms with Gasteiger partial charge in [0.25, 0.3) is 0 Å². The minimum absolute atomic E-state index is 0.267. The number of allylic oxidation sites excluding steroid dienone is 2. The molecule has 0 radical (unpaired) electrons. The Morgan fingerprint density at radius 1 is 1.14 bits per heavy atom. The van der Waals surface area contributed by atoms with E-state index in [9.17, 15) is 0 Å². The molecular weight excluding hydrogens is 313 g/mol. The van der Waals surface area contributed by atoms with Gasteiger partial charge in [-0.05, 0) is 54.2 Å². The van der Waals surface area contributed by atoms with Crippen LogP contribution in [0.3, 0.4) is 0 Å². The maximum Gasteiger partial charge on any atom is 0.0554 e. The van der Waals surface area contributed by atoms with E-state index in [1.165, 1.54) is 16.8 Å². The monoisotopic (exact) mass is 329 g/mol. The largest absolute Gasteiger partial charge is 0.377 e. The Morgan fingerprint density at radius 2 is 2.00 bits per heavy atom. The summed E-state index contributed by atoms with van der Waals surface area (Å²) in [4.78, 5) is 0. The smallest absolute Gasteiger partial charge is 0.0554 e. The summed E-state index contributed by atoms with van der Waals surface area (Å²) in [5.41, 5.74) is 4.92. The van der Waals surface area contributed by atoms with Crippen molar-refractivity contribution in [2.24, 2.45) is 5.92 Å². The maximum atomic E-state index is 6.33. The first-order valence-corrected chi connectivity index (χ1v) is 8.38. The maximum absolute atomic E-state index is 6.33. The molecule has 0 bridgehead atoms. The van der Waals surface area contributed by atoms with Crippen molar-refractivity contribution in [1.29, 1.82) is 0 Å². The highest BCUT2D eigenvalue weighted by atomic mass is 35.5. The first kappa shape index (κ1) is 14.2. The van der Waals surface area contributed by atoms with Gasteiger partial charge < -0.3 is 5.32 Å². The minimum atomic E-state index is 0.267. The fourth-order valence-electron chi connectivity index (χ4n) is 3.82. The predicted molar refractivity (Wildman–Crippen MR) is 94.0 cm³/mol. The first-order valence-electron chi connectivity index (χ1n) is 7.63. The van der Waals surface area contributed by atoms with Gasteiger partial charge in [0.2, 0.25) is 0 Å². The Labute approximate surface area is 140 Å². The lowest BCUT2D eigenvalue weighted by Crippen LogP contribution is -2.29. The molecule has 0 fully saturated rings. The molecule has 0 saturated heterocycles. The molecule has 3 atom stereocenters. The van der Waals surface area contributed by atoms with Crippen LogP contribution in [-0.2, 0) is 0 Å². The molecule has 1 aliphatic heterocycles. The summed E-state index contributed by atoms with van der Waals surface area (Å²) < 4.78 is 0. The molecule has 1 heterocycles. The van der Waals surface area contributed by atoms with Crippen LogP contribution < -0.4 is 5.32 Å². The topological polar surface area (TPSA) is 12.0 Å². The number of hydrogen-bond donors (Lipinski definition) is 1. The molecule has 2 aromatic carbocycles. The van der Waals surface area contributed by atoms with E-state index < -0.39 is 0 Å². The van der Waals surface area contributed by atoms with Gasteiger partial charge in [-0.15, -0.1) is 0 Å². The third-order valence-electron chi connectivity index (χ3n) is 4.94. The highest BCUT2D eigenvalue weighted by Crippen LogP contribution is 2.51. The molecule has 2 aliphatic rings. The third kappa shape index (κ3) is 2.15. The van der Waals surface area contributed by atoms with E-state index in [0.29, 0.717) is 11.8 Å². The average Bonchev–Trinajstić information content (AvgIpc) is 3.00. The molecule has 1 nitrogen and oxygen atoms in total. The summed E-state index contributed by atoms with van der Waals surface area (Å²) in [5, 5.41) is 5.34. The van der Waals surface area contributed by atoms with Gasteiger partial charge in [0, 0.05) is 21.7 Å². The molecule has 1 aliphatic carbocycles. The third-order valence-corrected chi connectivity index (χ3v) is 5.58. The van der Waals surface area contributed by atoms with Crippen LogP contribution in [0.2, 0.25) is 10.0 Å². The van der Waals surface area contributed by atoms with Crippen molar-refractivity contribution >= 4 is 28.9 Å². The van der Waals surface area contributed by atoms with Crippen molar-refractivity contribution in [3.05, 3.63) is 75.3 Å². The van der Waals surface area contributed by atoms with Crippen molar-refractivity contribution in [1.82, 2.24) is 0 Å². The van der Waals surface area contributed by atoms with Crippen molar-refractivity contribution in [2.45, 2.75) is 25.3 Å². The predicted octanol–water partition coefficient (Wildman–Crippen LogP) is 6.13. The number of hydrogen-bond acceptors (Lipinski definition) is 1. The second-order valence-corrected chi connectivity index (χ2v) is 7.01. The van der Waals surface area contributed by atoms with Crippen molar-refractivity contribution in [3.8, 4) is 0 Å². The molecule has 0 aromatic heterocycles. The number of fused-ring (bicyclic) bond motifs is 3. The molecule has 22 heavy (non-hydrogen) atoms. The van der Waals surface area contributed by atoms with Crippen LogP contribution in [0.25, 0.3) is 0 Å². The molecule has 4 rings (SSSR count). The number of benzene rings is 2. The van der Waals surface area contributed by atoms with Gasteiger partial charge in [-0.1, -0.05) is 53.6 Å². The second-order valence-electron chi connectivity index (χ2n) is 6.17. The van der Waals surface area contributed by atoms with E-state index in [4.69, 9.17) is 23.2 Å². The van der Waals surface area contributed by atoms with Gasteiger partial charge in [0.1, 0.15) is 0 Å². The molecule has 112 valence electrons. The van der Waals surface area contributed by atoms with E-state index in [1.807, 2.05) is 18.2 Å². The van der Waals surface area contributed by atoms with Gasteiger partial charge in [-0.25, -0.2) is 0 Å². The summed E-state index contributed by atoms with van der Waals surface area (Å²) in [6.45, 7) is 2.09. The Morgan fingerprint density at radius 3 is 2.82 bits per heavy atom. The van der Waals surface area contributed by atoms with Crippen LogP contribution in [0.1, 0.15) is 35.1 Å². The number of halogens is 2. The normalized spacial score (nSPS) is 25.5. The Hall–Kier alpha value is -1.44. The van der Waals surface area contributed by atoms with E-state index in [1.54, 1.807) is 0 Å². The zero-order valence-corrected chi connectivity index (χ0v) is 13.8. The fourth-order valence-corrected chi connectivity index (χ4v) is 4.18. The number of nitrogens with one attached hydrogen (secondary N) is 1. The van der Waals surface area contributed by atoms with Gasteiger partial charge >= 0.3 is 0 Å². The number of rotatable bonds is 1. The zero-order valence-electron chi connectivity index (χ0n) is 12.3. The van der Waals surface area contributed by atoms with E-state index in [0.717, 1.165) is 22.0 Å². The molecule has 0 spiro atoms. The molecule has 3 heteroatoms. The Kier molecular flexibility index (Phi) is 3.43. The lowest BCUT2D eigenvalue weighted by atomic mass is 9.76. The van der Waals surface area contributed by atoms with Gasteiger partial charge in [0.15, 0.2) is 0 Å². The molecule has 1 N–H and O–H groups in total. The summed E-state index contributed by atoms with van der Waals surface area (Å²) in [7, 11) is 0. The summed E-state index contributed by atoms with van der Waals surface area (Å²) >= 11 is 12.5. The highest BCUT2D eigenvalue weighted by molar-refractivity contribution is 6.31. The highest BCUT2D eigenvalue weighted by Gasteiger charge is 2.38. The van der Waals surface area contributed by atoms with Crippen molar-refractivity contribution in [3.63, 3.8) is 0 Å². The quantitative estimate of drug-likeness (QED) is 0.620. The van der Waals surface area contributed by atoms with E-state index in [2.05, 4.69) is 42.6 Å². The average molecular weight is 330 g/mol. The molecule has 2 aromatic rings. The molecule has 0 saturated carbocycles. The summed E-state index contributed by atoms with van der Waals surface area (Å²) in [6, 6.07) is 12.6. The molecular formula is C19H17Cl2N. The van der Waals surface area contributed by atoms with Crippen LogP contribution in [-0.4, -0.2) is 0 Å². The van der Waals surface area contributed by atoms with Crippen LogP contribution in [0.5, 0.6) is 0 Å². The molecule has 0 amide bonds. The number of anilines is 1. The van der Waals surface area contributed by atoms with E-state index in [-0.39, 0.29) is 6.04 Å². The Bertz CT molecular complexity index is 766. The summed E-state index contributed by atoms with van der Waals surface area (Å²) in [6.07, 6.45) is 5.73. The van der Waals surface area contributed by atoms with Gasteiger partial charge in [-0.3, -0.25) is 0 Å². The van der Waals surface area contributed by atoms with Crippen LogP contribution in [0.15, 0.2) is 48.6 Å².